The van der Waals surface area contributed by atoms with Crippen molar-refractivity contribution in [3.63, 3.8) is 0 Å². The second-order valence-corrected chi connectivity index (χ2v) is 8.12. The molecule has 0 radical (unpaired) electrons. The van der Waals surface area contributed by atoms with Crippen molar-refractivity contribution in [3.8, 4) is 11.1 Å². The highest BCUT2D eigenvalue weighted by Crippen LogP contribution is 2.37. The minimum absolute atomic E-state index is 0.0582. The summed E-state index contributed by atoms with van der Waals surface area (Å²) in [5.41, 5.74) is 0.829. The Balaban J connectivity index is 1.71. The van der Waals surface area contributed by atoms with Crippen molar-refractivity contribution in [2.24, 2.45) is 0 Å². The Morgan fingerprint density at radius 1 is 1.06 bits per heavy atom. The summed E-state index contributed by atoms with van der Waals surface area (Å²) in [6.07, 6.45) is 2.92. The van der Waals surface area contributed by atoms with Gasteiger partial charge in [-0.15, -0.1) is 0 Å². The maximum absolute atomic E-state index is 14.9. The zero-order valence-corrected chi connectivity index (χ0v) is 19.0. The van der Waals surface area contributed by atoms with Gasteiger partial charge in [0.15, 0.2) is 23.2 Å². The van der Waals surface area contributed by atoms with Crippen molar-refractivity contribution in [1.29, 1.82) is 0 Å². The highest BCUT2D eigenvalue weighted by Gasteiger charge is 2.25. The molecule has 0 aliphatic heterocycles. The summed E-state index contributed by atoms with van der Waals surface area (Å²) >= 11 is 0. The van der Waals surface area contributed by atoms with Crippen LogP contribution in [0.15, 0.2) is 73.0 Å². The van der Waals surface area contributed by atoms with Gasteiger partial charge in [-0.25, -0.2) is 18.0 Å². The predicted octanol–water partition coefficient (Wildman–Crippen LogP) is 6.72. The summed E-state index contributed by atoms with van der Waals surface area (Å²) in [5, 5.41) is 9.65. The van der Waals surface area contributed by atoms with Crippen molar-refractivity contribution in [1.82, 2.24) is 0 Å². The number of ether oxygens (including phenoxy) is 2. The molecule has 0 bridgehead atoms. The molecular formula is C27H27F3O4. The number of aliphatic hydroxyl groups excluding tert-OH is 1. The minimum atomic E-state index is -0.964. The fourth-order valence-corrected chi connectivity index (χ4v) is 3.94. The number of aliphatic hydroxyl groups is 1. The van der Waals surface area contributed by atoms with E-state index in [0.29, 0.717) is 43.4 Å². The van der Waals surface area contributed by atoms with Gasteiger partial charge < -0.3 is 14.6 Å². The lowest BCUT2D eigenvalue weighted by atomic mass is 9.82. The van der Waals surface area contributed by atoms with Crippen LogP contribution in [0.4, 0.5) is 13.2 Å². The Morgan fingerprint density at radius 2 is 1.71 bits per heavy atom. The lowest BCUT2D eigenvalue weighted by molar-refractivity contribution is 0.0624. The second kappa shape index (κ2) is 11.2. The summed E-state index contributed by atoms with van der Waals surface area (Å²) < 4.78 is 53.7. The lowest BCUT2D eigenvalue weighted by Crippen LogP contribution is -2.18. The number of carbonyl (C=O) groups is 1. The molecule has 0 aromatic heterocycles. The third kappa shape index (κ3) is 5.97. The van der Waals surface area contributed by atoms with E-state index in [0.717, 1.165) is 6.08 Å². The first-order valence-corrected chi connectivity index (χ1v) is 11.1. The van der Waals surface area contributed by atoms with Crippen molar-refractivity contribution < 1.29 is 32.5 Å². The Bertz CT molecular complexity index is 1100. The molecule has 0 amide bonds. The molecule has 1 aliphatic rings. The van der Waals surface area contributed by atoms with E-state index in [4.69, 9.17) is 9.47 Å². The Kier molecular flexibility index (Phi) is 8.34. The molecule has 2 aromatic carbocycles. The summed E-state index contributed by atoms with van der Waals surface area (Å²) in [4.78, 5) is 12.3. The Morgan fingerprint density at radius 3 is 2.32 bits per heavy atom. The SMILES string of the molecule is C=C(/C=C(/F)C(=C)OC(=O)c1ccc(-c2ccc(C3CCC(O)CC3)c(F)c2F)cc1)OCC. The van der Waals surface area contributed by atoms with Crippen LogP contribution >= 0.6 is 0 Å². The van der Waals surface area contributed by atoms with E-state index in [1.807, 2.05) is 0 Å². The first kappa shape index (κ1) is 25.3. The normalized spacial score (nSPS) is 18.3. The molecule has 0 heterocycles. The Labute approximate surface area is 197 Å². The van der Waals surface area contributed by atoms with E-state index >= 15 is 0 Å². The number of halogens is 3. The number of benzene rings is 2. The molecule has 7 heteroatoms. The van der Waals surface area contributed by atoms with Crippen LogP contribution in [0.2, 0.25) is 0 Å². The summed E-state index contributed by atoms with van der Waals surface area (Å²) in [6.45, 7) is 8.91. The average molecular weight is 473 g/mol. The van der Waals surface area contributed by atoms with E-state index in [1.165, 1.54) is 30.3 Å². The fourth-order valence-electron chi connectivity index (χ4n) is 3.94. The lowest BCUT2D eigenvalue weighted by Gasteiger charge is -2.26. The van der Waals surface area contributed by atoms with Crippen molar-refractivity contribution in [2.75, 3.05) is 6.61 Å². The number of carbonyl (C=O) groups excluding carboxylic acids is 1. The third-order valence-electron chi connectivity index (χ3n) is 5.78. The quantitative estimate of drug-likeness (QED) is 0.263. The van der Waals surface area contributed by atoms with Crippen LogP contribution in [0.3, 0.4) is 0 Å². The first-order chi connectivity index (χ1) is 16.2. The first-order valence-electron chi connectivity index (χ1n) is 11.1. The molecule has 34 heavy (non-hydrogen) atoms. The van der Waals surface area contributed by atoms with Gasteiger partial charge in [0.25, 0.3) is 0 Å². The van der Waals surface area contributed by atoms with Gasteiger partial charge in [-0.3, -0.25) is 0 Å². The van der Waals surface area contributed by atoms with Crippen LogP contribution in [-0.2, 0) is 9.47 Å². The van der Waals surface area contributed by atoms with Gasteiger partial charge in [-0.2, -0.15) is 0 Å². The monoisotopic (exact) mass is 472 g/mol. The van der Waals surface area contributed by atoms with Crippen molar-refractivity contribution in [2.45, 2.75) is 44.6 Å². The topological polar surface area (TPSA) is 55.8 Å². The molecular weight excluding hydrogens is 445 g/mol. The smallest absolute Gasteiger partial charge is 0.343 e. The minimum Gasteiger partial charge on any atom is -0.494 e. The number of hydrogen-bond donors (Lipinski definition) is 1. The Hall–Kier alpha value is -3.32. The third-order valence-corrected chi connectivity index (χ3v) is 5.78. The number of rotatable bonds is 8. The standard InChI is InChI=1S/C27H27F3O4/c1-4-33-16(2)15-24(28)17(3)34-27(32)20-7-5-18(6-8-20)22-13-14-23(26(30)25(22)29)19-9-11-21(31)12-10-19/h5-8,13-15,19,21,31H,2-4,9-12H2,1H3/b24-15+. The molecule has 2 aromatic rings. The molecule has 1 aliphatic carbocycles. The van der Waals surface area contributed by atoms with E-state index in [1.54, 1.807) is 13.0 Å². The zero-order chi connectivity index (χ0) is 24.8. The van der Waals surface area contributed by atoms with Gasteiger partial charge >= 0.3 is 5.97 Å². The highest BCUT2D eigenvalue weighted by atomic mass is 19.2. The van der Waals surface area contributed by atoms with E-state index in [2.05, 4.69) is 13.2 Å². The highest BCUT2D eigenvalue weighted by molar-refractivity contribution is 5.91. The second-order valence-electron chi connectivity index (χ2n) is 8.12. The van der Waals surface area contributed by atoms with Crippen molar-refractivity contribution in [3.05, 3.63) is 95.7 Å². The molecule has 3 rings (SSSR count). The van der Waals surface area contributed by atoms with E-state index in [9.17, 15) is 23.1 Å². The van der Waals surface area contributed by atoms with Crippen LogP contribution < -0.4 is 0 Å². The van der Waals surface area contributed by atoms with Crippen LogP contribution in [0.1, 0.15) is 54.4 Å². The van der Waals surface area contributed by atoms with E-state index in [-0.39, 0.29) is 28.9 Å². The molecule has 4 nitrogen and oxygen atoms in total. The number of allylic oxidation sites excluding steroid dienone is 2. The molecule has 180 valence electrons. The maximum atomic E-state index is 14.9. The van der Waals surface area contributed by atoms with Gasteiger partial charge in [0.1, 0.15) is 5.76 Å². The van der Waals surface area contributed by atoms with Gasteiger partial charge in [-0.05, 0) is 61.8 Å². The molecule has 0 spiro atoms. The van der Waals surface area contributed by atoms with Crippen LogP contribution in [-0.4, -0.2) is 23.8 Å². The van der Waals surface area contributed by atoms with Crippen molar-refractivity contribution >= 4 is 5.97 Å². The van der Waals surface area contributed by atoms with Crippen LogP contribution in [0, 0.1) is 11.6 Å². The maximum Gasteiger partial charge on any atom is 0.343 e. The summed E-state index contributed by atoms with van der Waals surface area (Å²) in [7, 11) is 0. The van der Waals surface area contributed by atoms with Crippen LogP contribution in [0.5, 0.6) is 0 Å². The molecule has 0 atom stereocenters. The average Bonchev–Trinajstić information content (AvgIpc) is 2.81. The van der Waals surface area contributed by atoms with E-state index < -0.39 is 29.2 Å². The van der Waals surface area contributed by atoms with Gasteiger partial charge in [0, 0.05) is 11.6 Å². The van der Waals surface area contributed by atoms with Gasteiger partial charge in [0.2, 0.25) is 0 Å². The summed E-state index contributed by atoms with van der Waals surface area (Å²) in [6, 6.07) is 8.75. The van der Waals surface area contributed by atoms with Crippen LogP contribution in [0.25, 0.3) is 11.1 Å². The zero-order valence-electron chi connectivity index (χ0n) is 19.0. The number of hydrogen-bond acceptors (Lipinski definition) is 4. The number of esters is 1. The van der Waals surface area contributed by atoms with Gasteiger partial charge in [-0.1, -0.05) is 37.4 Å². The molecule has 1 saturated carbocycles. The predicted molar refractivity (Wildman–Crippen MR) is 124 cm³/mol. The molecule has 0 unspecified atom stereocenters. The largest absolute Gasteiger partial charge is 0.494 e. The molecule has 1 N–H and O–H groups in total. The fraction of sp³-hybridized carbons (Fsp3) is 0.296. The molecule has 1 fully saturated rings. The summed E-state index contributed by atoms with van der Waals surface area (Å²) in [5.74, 6) is -4.20. The molecule has 0 saturated heterocycles. The van der Waals surface area contributed by atoms with Gasteiger partial charge in [0.05, 0.1) is 18.3 Å².